The second-order valence-corrected chi connectivity index (χ2v) is 4.23. The maximum atomic E-state index is 7.47. The molecule has 0 bridgehead atoms. The fourth-order valence-corrected chi connectivity index (χ4v) is 1.81. The van der Waals surface area contributed by atoms with Crippen LogP contribution < -0.4 is 11.1 Å². The van der Waals surface area contributed by atoms with Crippen LogP contribution in [0.1, 0.15) is 19.4 Å². The average Bonchev–Trinajstić information content (AvgIpc) is 2.01. The van der Waals surface area contributed by atoms with Gasteiger partial charge in [0.25, 0.3) is 0 Å². The van der Waals surface area contributed by atoms with Crippen LogP contribution in [0.15, 0.2) is 22.7 Å². The van der Waals surface area contributed by atoms with E-state index in [1.165, 1.54) is 0 Å². The molecule has 0 atom stereocenters. The van der Waals surface area contributed by atoms with Crippen LogP contribution in [0, 0.1) is 5.41 Å². The fourth-order valence-electron chi connectivity index (χ4n) is 1.23. The van der Waals surface area contributed by atoms with Gasteiger partial charge in [0, 0.05) is 16.2 Å². The van der Waals surface area contributed by atoms with Crippen molar-refractivity contribution in [2.45, 2.75) is 19.9 Å². The predicted octanol–water partition coefficient (Wildman–Crippen LogP) is 2.55. The minimum Gasteiger partial charge on any atom is -0.384 e. The maximum absolute atomic E-state index is 7.47. The van der Waals surface area contributed by atoms with Crippen molar-refractivity contribution in [1.82, 2.24) is 0 Å². The van der Waals surface area contributed by atoms with E-state index in [1.807, 2.05) is 32.0 Å². The van der Waals surface area contributed by atoms with Gasteiger partial charge in [-0.15, -0.1) is 0 Å². The van der Waals surface area contributed by atoms with E-state index < -0.39 is 0 Å². The second kappa shape index (κ2) is 4.46. The summed E-state index contributed by atoms with van der Waals surface area (Å²) in [5, 5.41) is 10.7. The third-order valence-electron chi connectivity index (χ3n) is 1.73. The Kier molecular flexibility index (Phi) is 3.52. The number of benzene rings is 1. The van der Waals surface area contributed by atoms with Gasteiger partial charge in [0.2, 0.25) is 0 Å². The molecule has 0 aliphatic carbocycles. The first-order valence-electron chi connectivity index (χ1n) is 4.42. The molecular weight excluding hydrogens is 242 g/mol. The highest BCUT2D eigenvalue weighted by Crippen LogP contribution is 2.24. The number of nitrogens with one attached hydrogen (secondary N) is 2. The lowest BCUT2D eigenvalue weighted by Gasteiger charge is -2.14. The minimum atomic E-state index is 0.0700. The number of halogens is 1. The molecule has 0 unspecified atom stereocenters. The van der Waals surface area contributed by atoms with Crippen molar-refractivity contribution < 1.29 is 0 Å². The number of hydrogen-bond acceptors (Lipinski definition) is 2. The van der Waals surface area contributed by atoms with Gasteiger partial charge in [-0.3, -0.25) is 5.41 Å². The second-order valence-electron chi connectivity index (χ2n) is 3.38. The monoisotopic (exact) mass is 255 g/mol. The standard InChI is InChI=1S/C10H14BrN3/c1-6(2)14-8-5-3-4-7(11)9(8)10(12)13/h3-6,14H,1-2H3,(H3,12,13). The van der Waals surface area contributed by atoms with Gasteiger partial charge in [-0.2, -0.15) is 0 Å². The number of rotatable bonds is 3. The number of anilines is 1. The minimum absolute atomic E-state index is 0.0700. The Bertz CT molecular complexity index is 347. The molecule has 0 spiro atoms. The van der Waals surface area contributed by atoms with Crippen molar-refractivity contribution in [3.8, 4) is 0 Å². The molecule has 3 nitrogen and oxygen atoms in total. The van der Waals surface area contributed by atoms with Crippen LogP contribution in [0.4, 0.5) is 5.69 Å². The molecule has 0 saturated heterocycles. The first kappa shape index (κ1) is 11.0. The number of hydrogen-bond donors (Lipinski definition) is 3. The third kappa shape index (κ3) is 2.48. The van der Waals surface area contributed by atoms with Crippen molar-refractivity contribution in [3.63, 3.8) is 0 Å². The highest BCUT2D eigenvalue weighted by molar-refractivity contribution is 9.10. The molecule has 4 N–H and O–H groups in total. The van der Waals surface area contributed by atoms with Gasteiger partial charge < -0.3 is 11.1 Å². The zero-order valence-corrected chi connectivity index (χ0v) is 9.85. The van der Waals surface area contributed by atoms with Crippen molar-refractivity contribution in [1.29, 1.82) is 5.41 Å². The molecule has 1 rings (SSSR count). The SMILES string of the molecule is CC(C)Nc1cccc(Br)c1C(=N)N. The molecule has 0 aliphatic rings. The lowest BCUT2D eigenvalue weighted by atomic mass is 10.1. The van der Waals surface area contributed by atoms with Gasteiger partial charge in [0.15, 0.2) is 0 Å². The summed E-state index contributed by atoms with van der Waals surface area (Å²) in [6, 6.07) is 6.03. The summed E-state index contributed by atoms with van der Waals surface area (Å²) in [5.74, 6) is 0.0700. The lowest BCUT2D eigenvalue weighted by molar-refractivity contribution is 0.899. The molecule has 14 heavy (non-hydrogen) atoms. The zero-order valence-electron chi connectivity index (χ0n) is 8.26. The van der Waals surface area contributed by atoms with E-state index in [-0.39, 0.29) is 5.84 Å². The van der Waals surface area contributed by atoms with Gasteiger partial charge in [0.05, 0.1) is 5.56 Å². The molecule has 0 fully saturated rings. The van der Waals surface area contributed by atoms with Crippen molar-refractivity contribution in [2.24, 2.45) is 5.73 Å². The van der Waals surface area contributed by atoms with Crippen LogP contribution in [0.25, 0.3) is 0 Å². The van der Waals surface area contributed by atoms with E-state index in [0.29, 0.717) is 6.04 Å². The van der Waals surface area contributed by atoms with E-state index in [9.17, 15) is 0 Å². The summed E-state index contributed by atoms with van der Waals surface area (Å²) in [5.41, 5.74) is 7.12. The Morgan fingerprint density at radius 2 is 2.14 bits per heavy atom. The van der Waals surface area contributed by atoms with Gasteiger partial charge in [-0.05, 0) is 41.9 Å². The molecule has 1 aromatic rings. The molecule has 4 heteroatoms. The molecule has 1 aromatic carbocycles. The first-order chi connectivity index (χ1) is 6.52. The summed E-state index contributed by atoms with van der Waals surface area (Å²) in [7, 11) is 0. The van der Waals surface area contributed by atoms with Crippen molar-refractivity contribution >= 4 is 27.5 Å². The molecule has 0 heterocycles. The Morgan fingerprint density at radius 3 is 2.64 bits per heavy atom. The Balaban J connectivity index is 3.14. The topological polar surface area (TPSA) is 61.9 Å². The summed E-state index contributed by atoms with van der Waals surface area (Å²) in [6.45, 7) is 4.09. The van der Waals surface area contributed by atoms with Crippen molar-refractivity contribution in [2.75, 3.05) is 5.32 Å². The zero-order chi connectivity index (χ0) is 10.7. The summed E-state index contributed by atoms with van der Waals surface area (Å²) < 4.78 is 0.843. The summed E-state index contributed by atoms with van der Waals surface area (Å²) >= 11 is 3.38. The van der Waals surface area contributed by atoms with Crippen LogP contribution in [0.3, 0.4) is 0 Å². The predicted molar refractivity (Wildman–Crippen MR) is 63.9 cm³/mol. The smallest absolute Gasteiger partial charge is 0.126 e. The maximum Gasteiger partial charge on any atom is 0.126 e. The fraction of sp³-hybridized carbons (Fsp3) is 0.300. The van der Waals surface area contributed by atoms with Crippen LogP contribution >= 0.6 is 15.9 Å². The largest absolute Gasteiger partial charge is 0.384 e. The lowest BCUT2D eigenvalue weighted by Crippen LogP contribution is -2.18. The highest BCUT2D eigenvalue weighted by Gasteiger charge is 2.09. The first-order valence-corrected chi connectivity index (χ1v) is 5.21. The molecule has 0 aliphatic heterocycles. The molecule has 76 valence electrons. The van der Waals surface area contributed by atoms with Gasteiger partial charge >= 0.3 is 0 Å². The quantitative estimate of drug-likeness (QED) is 0.575. The Morgan fingerprint density at radius 1 is 1.50 bits per heavy atom. The summed E-state index contributed by atoms with van der Waals surface area (Å²) in [4.78, 5) is 0. The van der Waals surface area contributed by atoms with Crippen LogP contribution in [0.2, 0.25) is 0 Å². The van der Waals surface area contributed by atoms with Crippen molar-refractivity contribution in [3.05, 3.63) is 28.2 Å². The van der Waals surface area contributed by atoms with Gasteiger partial charge in [0.1, 0.15) is 5.84 Å². The van der Waals surface area contributed by atoms with Crippen LogP contribution in [0.5, 0.6) is 0 Å². The van der Waals surface area contributed by atoms with Gasteiger partial charge in [-0.25, -0.2) is 0 Å². The van der Waals surface area contributed by atoms with Crippen LogP contribution in [-0.4, -0.2) is 11.9 Å². The Labute approximate surface area is 92.3 Å². The van der Waals surface area contributed by atoms with Gasteiger partial charge in [-0.1, -0.05) is 6.07 Å². The van der Waals surface area contributed by atoms with E-state index in [4.69, 9.17) is 11.1 Å². The molecule has 0 saturated carbocycles. The average molecular weight is 256 g/mol. The molecule has 0 aromatic heterocycles. The number of amidine groups is 1. The molecule has 0 radical (unpaired) electrons. The molecular formula is C10H14BrN3. The normalized spacial score (nSPS) is 10.3. The highest BCUT2D eigenvalue weighted by atomic mass is 79.9. The van der Waals surface area contributed by atoms with E-state index >= 15 is 0 Å². The van der Waals surface area contributed by atoms with Crippen LogP contribution in [-0.2, 0) is 0 Å². The molecule has 0 amide bonds. The number of nitrogen functional groups attached to an aromatic ring is 1. The third-order valence-corrected chi connectivity index (χ3v) is 2.39. The van der Waals surface area contributed by atoms with E-state index in [0.717, 1.165) is 15.7 Å². The summed E-state index contributed by atoms with van der Waals surface area (Å²) in [6.07, 6.45) is 0. The number of nitrogens with two attached hydrogens (primary N) is 1. The van der Waals surface area contributed by atoms with E-state index in [2.05, 4.69) is 21.2 Å². The van der Waals surface area contributed by atoms with E-state index in [1.54, 1.807) is 0 Å². The Hall–Kier alpha value is -1.03.